The highest BCUT2D eigenvalue weighted by molar-refractivity contribution is 5.85. The van der Waals surface area contributed by atoms with Crippen LogP contribution >= 0.6 is 0 Å². The summed E-state index contributed by atoms with van der Waals surface area (Å²) in [6.45, 7) is 3.53. The maximum atomic E-state index is 12.2. The molecule has 0 aliphatic carbocycles. The molecule has 19 heavy (non-hydrogen) atoms. The Kier molecular flexibility index (Phi) is 4.43. The number of hydrogen-bond donors (Lipinski definition) is 1. The fourth-order valence-electron chi connectivity index (χ4n) is 2.54. The second kappa shape index (κ2) is 6.06. The molecule has 1 amide bonds. The normalized spacial score (nSPS) is 20.6. The number of nitrogens with zero attached hydrogens (tertiary/aromatic N) is 2. The number of aliphatic hydroxyl groups excluding tert-OH is 1. The zero-order valence-electron chi connectivity index (χ0n) is 11.7. The lowest BCUT2D eigenvalue weighted by Crippen LogP contribution is -2.47. The van der Waals surface area contributed by atoms with Gasteiger partial charge >= 0.3 is 0 Å². The van der Waals surface area contributed by atoms with E-state index in [0.717, 1.165) is 31.6 Å². The van der Waals surface area contributed by atoms with E-state index in [1.807, 2.05) is 17.0 Å². The lowest BCUT2D eigenvalue weighted by atomic mass is 10.1. The molecular weight excluding hydrogens is 240 g/mol. The molecule has 1 unspecified atom stereocenters. The first kappa shape index (κ1) is 13.9. The number of rotatable bonds is 3. The molecule has 1 aromatic rings. The van der Waals surface area contributed by atoms with Crippen LogP contribution in [0.2, 0.25) is 0 Å². The van der Waals surface area contributed by atoms with Gasteiger partial charge in [-0.25, -0.2) is 0 Å². The third-order valence-electron chi connectivity index (χ3n) is 3.78. The fraction of sp³-hybridized carbons (Fsp3) is 0.533. The van der Waals surface area contributed by atoms with Crippen LogP contribution in [0, 0.1) is 0 Å². The third kappa shape index (κ3) is 2.89. The number of aliphatic hydroxyl groups is 1. The molecule has 1 fully saturated rings. The smallest absolute Gasteiger partial charge is 0.247 e. The minimum Gasteiger partial charge on any atom is -0.394 e. The maximum Gasteiger partial charge on any atom is 0.247 e. The van der Waals surface area contributed by atoms with Crippen LogP contribution in [0.25, 0.3) is 0 Å². The van der Waals surface area contributed by atoms with Crippen molar-refractivity contribution < 1.29 is 9.90 Å². The Labute approximate surface area is 114 Å². The predicted octanol–water partition coefficient (Wildman–Crippen LogP) is 1.28. The highest BCUT2D eigenvalue weighted by Gasteiger charge is 2.30. The lowest BCUT2D eigenvalue weighted by Gasteiger charge is -2.30. The predicted molar refractivity (Wildman–Crippen MR) is 76.3 cm³/mol. The summed E-state index contributed by atoms with van der Waals surface area (Å²) in [6, 6.07) is 7.80. The number of anilines is 1. The monoisotopic (exact) mass is 262 g/mol. The summed E-state index contributed by atoms with van der Waals surface area (Å²) in [7, 11) is 1.80. The van der Waals surface area contributed by atoms with Crippen LogP contribution in [0.1, 0.15) is 18.9 Å². The molecular formula is C15H22N2O2. The number of aryl methyl sites for hydroxylation is 1. The van der Waals surface area contributed by atoms with Crippen LogP contribution in [0.4, 0.5) is 5.69 Å². The molecule has 1 N–H and O–H groups in total. The third-order valence-corrected chi connectivity index (χ3v) is 3.78. The highest BCUT2D eigenvalue weighted by Crippen LogP contribution is 2.21. The van der Waals surface area contributed by atoms with Gasteiger partial charge in [0.25, 0.3) is 0 Å². The first-order valence-corrected chi connectivity index (χ1v) is 6.88. The number of carbonyl (C=O) groups excluding carboxylic acids is 1. The van der Waals surface area contributed by atoms with Gasteiger partial charge in [-0.15, -0.1) is 0 Å². The van der Waals surface area contributed by atoms with E-state index in [9.17, 15) is 9.90 Å². The van der Waals surface area contributed by atoms with Gasteiger partial charge in [-0.2, -0.15) is 0 Å². The molecule has 0 radical (unpaired) electrons. The number of amides is 1. The maximum absolute atomic E-state index is 12.2. The summed E-state index contributed by atoms with van der Waals surface area (Å²) in [5.74, 6) is -0.000400. The average molecular weight is 262 g/mol. The molecule has 0 saturated carbocycles. The molecule has 1 aliphatic heterocycles. The summed E-state index contributed by atoms with van der Waals surface area (Å²) < 4.78 is 0. The van der Waals surface area contributed by atoms with Gasteiger partial charge < -0.3 is 14.9 Å². The Morgan fingerprint density at radius 2 is 1.95 bits per heavy atom. The Morgan fingerprint density at radius 1 is 1.26 bits per heavy atom. The topological polar surface area (TPSA) is 43.8 Å². The van der Waals surface area contributed by atoms with Crippen molar-refractivity contribution in [2.75, 3.05) is 31.6 Å². The Morgan fingerprint density at radius 3 is 2.53 bits per heavy atom. The summed E-state index contributed by atoms with van der Waals surface area (Å²) in [4.78, 5) is 15.9. The van der Waals surface area contributed by atoms with Crippen molar-refractivity contribution in [2.24, 2.45) is 0 Å². The molecule has 1 heterocycles. The van der Waals surface area contributed by atoms with Crippen LogP contribution in [0.15, 0.2) is 24.3 Å². The van der Waals surface area contributed by atoms with Crippen molar-refractivity contribution in [3.05, 3.63) is 29.8 Å². The molecule has 1 atom stereocenters. The van der Waals surface area contributed by atoms with E-state index in [2.05, 4.69) is 19.1 Å². The van der Waals surface area contributed by atoms with Gasteiger partial charge in [0.15, 0.2) is 0 Å². The second-order valence-electron chi connectivity index (χ2n) is 5.03. The quantitative estimate of drug-likeness (QED) is 0.892. The first-order valence-electron chi connectivity index (χ1n) is 6.88. The molecule has 1 saturated heterocycles. The van der Waals surface area contributed by atoms with E-state index >= 15 is 0 Å². The van der Waals surface area contributed by atoms with Crippen LogP contribution in [0.5, 0.6) is 0 Å². The molecule has 0 bridgehead atoms. The van der Waals surface area contributed by atoms with Gasteiger partial charge in [-0.1, -0.05) is 19.1 Å². The zero-order valence-corrected chi connectivity index (χ0v) is 11.7. The zero-order chi connectivity index (χ0) is 13.8. The summed E-state index contributed by atoms with van der Waals surface area (Å²) in [6.07, 6.45) is 1.93. The Bertz CT molecular complexity index is 430. The molecule has 1 aromatic carbocycles. The van der Waals surface area contributed by atoms with E-state index in [0.29, 0.717) is 0 Å². The van der Waals surface area contributed by atoms with E-state index in [1.165, 1.54) is 5.56 Å². The number of hydrogen-bond acceptors (Lipinski definition) is 3. The van der Waals surface area contributed by atoms with Gasteiger partial charge in [0.1, 0.15) is 6.04 Å². The van der Waals surface area contributed by atoms with Crippen molar-refractivity contribution in [1.82, 2.24) is 4.90 Å². The van der Waals surface area contributed by atoms with Crippen LogP contribution in [-0.2, 0) is 11.2 Å². The molecule has 1 aliphatic rings. The van der Waals surface area contributed by atoms with Crippen LogP contribution in [0.3, 0.4) is 0 Å². The summed E-state index contributed by atoms with van der Waals surface area (Å²) >= 11 is 0. The molecule has 4 heteroatoms. The Balaban J connectivity index is 2.26. The molecule has 2 rings (SSSR count). The van der Waals surface area contributed by atoms with E-state index in [1.54, 1.807) is 11.9 Å². The van der Waals surface area contributed by atoms with Crippen molar-refractivity contribution in [1.29, 1.82) is 0 Å². The Hall–Kier alpha value is -1.55. The second-order valence-corrected chi connectivity index (χ2v) is 5.03. The molecule has 0 aromatic heterocycles. The van der Waals surface area contributed by atoms with E-state index in [4.69, 9.17) is 0 Å². The molecule has 104 valence electrons. The number of benzene rings is 1. The molecule has 0 spiro atoms. The van der Waals surface area contributed by atoms with Gasteiger partial charge in [0.05, 0.1) is 6.61 Å². The number of likely N-dealkylation sites (N-methyl/N-ethyl adjacent to an activating group) is 1. The van der Waals surface area contributed by atoms with E-state index in [-0.39, 0.29) is 12.5 Å². The largest absolute Gasteiger partial charge is 0.394 e. The first-order chi connectivity index (χ1) is 9.17. The highest BCUT2D eigenvalue weighted by atomic mass is 16.3. The van der Waals surface area contributed by atoms with Crippen LogP contribution in [-0.4, -0.2) is 48.7 Å². The summed E-state index contributed by atoms with van der Waals surface area (Å²) in [5.41, 5.74) is 2.29. The van der Waals surface area contributed by atoms with Crippen molar-refractivity contribution >= 4 is 11.6 Å². The van der Waals surface area contributed by atoms with Crippen molar-refractivity contribution in [2.45, 2.75) is 25.8 Å². The van der Waals surface area contributed by atoms with Crippen LogP contribution < -0.4 is 4.90 Å². The lowest BCUT2D eigenvalue weighted by molar-refractivity contribution is -0.131. The van der Waals surface area contributed by atoms with Crippen molar-refractivity contribution in [3.8, 4) is 0 Å². The SMILES string of the molecule is CCc1ccc(N2CCCN(C)C(=O)C2CO)cc1. The van der Waals surface area contributed by atoms with Crippen molar-refractivity contribution in [3.63, 3.8) is 0 Å². The van der Waals surface area contributed by atoms with Gasteiger partial charge in [-0.05, 0) is 30.5 Å². The van der Waals surface area contributed by atoms with Gasteiger partial charge in [0.2, 0.25) is 5.91 Å². The minimum absolute atomic E-state index is 0.000400. The number of carbonyl (C=O) groups is 1. The van der Waals surface area contributed by atoms with Gasteiger partial charge in [0, 0.05) is 25.8 Å². The standard InChI is InChI=1S/C15H22N2O2/c1-3-12-5-7-13(8-6-12)17-10-4-9-16(2)15(19)14(17)11-18/h5-8,14,18H,3-4,9-11H2,1-2H3. The average Bonchev–Trinajstić information content (AvgIpc) is 2.59. The summed E-state index contributed by atoms with van der Waals surface area (Å²) in [5, 5.41) is 9.55. The minimum atomic E-state index is -0.458. The molecule has 4 nitrogen and oxygen atoms in total. The van der Waals surface area contributed by atoms with E-state index < -0.39 is 6.04 Å². The van der Waals surface area contributed by atoms with Gasteiger partial charge in [-0.3, -0.25) is 4.79 Å². The fourth-order valence-corrected chi connectivity index (χ4v) is 2.54.